The number of carbonyl (C=O) groups excluding carboxylic acids is 1. The lowest BCUT2D eigenvalue weighted by atomic mass is 10.2. The van der Waals surface area contributed by atoms with Crippen molar-refractivity contribution >= 4 is 18.3 Å². The topological polar surface area (TPSA) is 69.8 Å². The molecule has 0 bridgehead atoms. The lowest BCUT2D eigenvalue weighted by molar-refractivity contribution is -0.123. The highest BCUT2D eigenvalue weighted by atomic mass is 35.5. The van der Waals surface area contributed by atoms with Crippen LogP contribution in [-0.2, 0) is 11.3 Å². The van der Waals surface area contributed by atoms with Crippen LogP contribution in [0.1, 0.15) is 32.9 Å². The van der Waals surface area contributed by atoms with E-state index in [1.807, 2.05) is 20.8 Å². The molecule has 0 fully saturated rings. The van der Waals surface area contributed by atoms with Crippen LogP contribution in [0, 0.1) is 0 Å². The van der Waals surface area contributed by atoms with Crippen LogP contribution in [0.5, 0.6) is 0 Å². The van der Waals surface area contributed by atoms with E-state index in [1.54, 1.807) is 12.5 Å². The van der Waals surface area contributed by atoms with E-state index >= 15 is 0 Å². The maximum Gasteiger partial charge on any atom is 0.237 e. The fraction of sp³-hybridized carbons (Fsp3) is 0.636. The molecule has 0 aromatic carbocycles. The molecular weight excluding hydrogens is 240 g/mol. The van der Waals surface area contributed by atoms with Crippen molar-refractivity contribution in [1.29, 1.82) is 0 Å². The Morgan fingerprint density at radius 1 is 1.53 bits per heavy atom. The summed E-state index contributed by atoms with van der Waals surface area (Å²) in [4.78, 5) is 18.6. The number of halogens is 1. The Labute approximate surface area is 108 Å². The van der Waals surface area contributed by atoms with Crippen molar-refractivity contribution in [2.24, 2.45) is 0 Å². The number of aromatic nitrogens is 2. The molecular formula is C11H21ClN4O. The van der Waals surface area contributed by atoms with Crippen LogP contribution < -0.4 is 10.6 Å². The second kappa shape index (κ2) is 8.08. The van der Waals surface area contributed by atoms with Crippen LogP contribution in [0.15, 0.2) is 12.5 Å². The smallest absolute Gasteiger partial charge is 0.237 e. The van der Waals surface area contributed by atoms with Crippen LogP contribution in [0.4, 0.5) is 0 Å². The fourth-order valence-corrected chi connectivity index (χ4v) is 1.21. The predicted molar refractivity (Wildman–Crippen MR) is 70.0 cm³/mol. The van der Waals surface area contributed by atoms with Gasteiger partial charge in [-0.2, -0.15) is 0 Å². The van der Waals surface area contributed by atoms with Gasteiger partial charge in [-0.3, -0.25) is 4.79 Å². The van der Waals surface area contributed by atoms with Crippen molar-refractivity contribution in [3.8, 4) is 0 Å². The molecule has 0 aliphatic rings. The summed E-state index contributed by atoms with van der Waals surface area (Å²) in [5.41, 5.74) is 0.975. The Bertz CT molecular complexity index is 315. The number of aromatic amines is 1. The van der Waals surface area contributed by atoms with Gasteiger partial charge in [-0.05, 0) is 20.3 Å². The molecule has 98 valence electrons. The third kappa shape index (κ3) is 5.70. The normalized spacial score (nSPS) is 13.6. The largest absolute Gasteiger partial charge is 0.352 e. The van der Waals surface area contributed by atoms with Crippen LogP contribution in [-0.4, -0.2) is 28.0 Å². The highest BCUT2D eigenvalue weighted by Crippen LogP contribution is 1.94. The molecule has 3 N–H and O–H groups in total. The second-order valence-electron chi connectivity index (χ2n) is 4.00. The number of hydrogen-bond acceptors (Lipinski definition) is 3. The van der Waals surface area contributed by atoms with Gasteiger partial charge in [0.15, 0.2) is 0 Å². The van der Waals surface area contributed by atoms with E-state index in [1.165, 1.54) is 0 Å². The molecule has 1 aromatic heterocycles. The lowest BCUT2D eigenvalue weighted by Gasteiger charge is -2.17. The first-order valence-corrected chi connectivity index (χ1v) is 5.64. The minimum absolute atomic E-state index is 0. The number of nitrogens with one attached hydrogen (secondary N) is 3. The third-order valence-electron chi connectivity index (χ3n) is 2.55. The summed E-state index contributed by atoms with van der Waals surface area (Å²) in [5, 5.41) is 6.06. The average Bonchev–Trinajstić information content (AvgIpc) is 2.78. The molecule has 1 heterocycles. The van der Waals surface area contributed by atoms with Crippen molar-refractivity contribution in [2.45, 2.75) is 45.8 Å². The Morgan fingerprint density at radius 3 is 2.76 bits per heavy atom. The summed E-state index contributed by atoms with van der Waals surface area (Å²) in [7, 11) is 0. The molecule has 6 heteroatoms. The van der Waals surface area contributed by atoms with Gasteiger partial charge in [0, 0.05) is 24.5 Å². The van der Waals surface area contributed by atoms with Gasteiger partial charge in [0.2, 0.25) is 5.91 Å². The summed E-state index contributed by atoms with van der Waals surface area (Å²) in [6, 6.07) is 0.0289. The Kier molecular flexibility index (Phi) is 7.58. The van der Waals surface area contributed by atoms with E-state index in [-0.39, 0.29) is 30.4 Å². The molecule has 0 spiro atoms. The first-order chi connectivity index (χ1) is 7.63. The highest BCUT2D eigenvalue weighted by molar-refractivity contribution is 5.85. The van der Waals surface area contributed by atoms with Crippen LogP contribution in [0.25, 0.3) is 0 Å². The monoisotopic (exact) mass is 260 g/mol. The molecule has 0 radical (unpaired) electrons. The number of H-pyrrole nitrogens is 1. The minimum atomic E-state index is -0.197. The summed E-state index contributed by atoms with van der Waals surface area (Å²) in [6.45, 7) is 6.52. The first kappa shape index (κ1) is 15.9. The van der Waals surface area contributed by atoms with E-state index in [4.69, 9.17) is 0 Å². The van der Waals surface area contributed by atoms with E-state index < -0.39 is 0 Å². The van der Waals surface area contributed by atoms with Crippen molar-refractivity contribution in [1.82, 2.24) is 20.6 Å². The zero-order valence-electron chi connectivity index (χ0n) is 10.5. The SMILES string of the molecule is CCC(C)NC(=O)C(C)NCc1cnc[nH]1.Cl. The van der Waals surface area contributed by atoms with Crippen molar-refractivity contribution in [3.63, 3.8) is 0 Å². The molecule has 1 amide bonds. The molecule has 2 atom stereocenters. The van der Waals surface area contributed by atoms with Crippen LogP contribution in [0.2, 0.25) is 0 Å². The average molecular weight is 261 g/mol. The van der Waals surface area contributed by atoms with Gasteiger partial charge in [0.05, 0.1) is 12.4 Å². The molecule has 0 aliphatic heterocycles. The maximum atomic E-state index is 11.7. The maximum absolute atomic E-state index is 11.7. The molecule has 0 saturated carbocycles. The Balaban J connectivity index is 0.00000256. The van der Waals surface area contributed by atoms with Gasteiger partial charge in [-0.25, -0.2) is 4.98 Å². The Morgan fingerprint density at radius 2 is 2.24 bits per heavy atom. The molecule has 1 rings (SSSR count). The van der Waals surface area contributed by atoms with E-state index in [9.17, 15) is 4.79 Å². The summed E-state index contributed by atoms with van der Waals surface area (Å²) < 4.78 is 0. The third-order valence-corrected chi connectivity index (χ3v) is 2.55. The van der Waals surface area contributed by atoms with Gasteiger partial charge in [0.1, 0.15) is 0 Å². The molecule has 0 aliphatic carbocycles. The number of carbonyl (C=O) groups is 1. The molecule has 17 heavy (non-hydrogen) atoms. The number of imidazole rings is 1. The zero-order valence-corrected chi connectivity index (χ0v) is 11.3. The molecule has 0 saturated heterocycles. The van der Waals surface area contributed by atoms with Crippen LogP contribution in [0.3, 0.4) is 0 Å². The zero-order chi connectivity index (χ0) is 12.0. The van der Waals surface area contributed by atoms with E-state index in [0.717, 1.165) is 12.1 Å². The predicted octanol–water partition coefficient (Wildman–Crippen LogP) is 1.22. The van der Waals surface area contributed by atoms with E-state index in [2.05, 4.69) is 20.6 Å². The van der Waals surface area contributed by atoms with Gasteiger partial charge in [-0.1, -0.05) is 6.92 Å². The number of amides is 1. The minimum Gasteiger partial charge on any atom is -0.352 e. The quantitative estimate of drug-likeness (QED) is 0.720. The molecule has 2 unspecified atom stereocenters. The summed E-state index contributed by atoms with van der Waals surface area (Å²) >= 11 is 0. The van der Waals surface area contributed by atoms with Gasteiger partial charge in [-0.15, -0.1) is 12.4 Å². The number of rotatable bonds is 6. The van der Waals surface area contributed by atoms with Crippen molar-refractivity contribution in [2.75, 3.05) is 0 Å². The van der Waals surface area contributed by atoms with Crippen LogP contribution >= 0.6 is 12.4 Å². The molecule has 1 aromatic rings. The van der Waals surface area contributed by atoms with Gasteiger partial charge in [0.25, 0.3) is 0 Å². The summed E-state index contributed by atoms with van der Waals surface area (Å²) in [6.07, 6.45) is 4.31. The molecule has 5 nitrogen and oxygen atoms in total. The Hall–Kier alpha value is -1.07. The van der Waals surface area contributed by atoms with Gasteiger partial charge < -0.3 is 15.6 Å². The van der Waals surface area contributed by atoms with E-state index in [0.29, 0.717) is 6.54 Å². The van der Waals surface area contributed by atoms with Crippen molar-refractivity contribution < 1.29 is 4.79 Å². The number of hydrogen-bond donors (Lipinski definition) is 3. The number of nitrogens with zero attached hydrogens (tertiary/aromatic N) is 1. The second-order valence-corrected chi connectivity index (χ2v) is 4.00. The van der Waals surface area contributed by atoms with Gasteiger partial charge >= 0.3 is 0 Å². The first-order valence-electron chi connectivity index (χ1n) is 5.64. The fourth-order valence-electron chi connectivity index (χ4n) is 1.21. The standard InChI is InChI=1S/C11H20N4O.ClH/c1-4-8(2)15-11(16)9(3)13-6-10-5-12-7-14-10;/h5,7-9,13H,4,6H2,1-3H3,(H,12,14)(H,15,16);1H. The lowest BCUT2D eigenvalue weighted by Crippen LogP contribution is -2.45. The summed E-state index contributed by atoms with van der Waals surface area (Å²) in [5.74, 6) is 0.0360. The highest BCUT2D eigenvalue weighted by Gasteiger charge is 2.13. The van der Waals surface area contributed by atoms with Crippen molar-refractivity contribution in [3.05, 3.63) is 18.2 Å².